The Labute approximate surface area is 171 Å². The summed E-state index contributed by atoms with van der Waals surface area (Å²) in [5.41, 5.74) is 2.44. The summed E-state index contributed by atoms with van der Waals surface area (Å²) in [7, 11) is 0. The lowest BCUT2D eigenvalue weighted by Gasteiger charge is -2.27. The maximum atomic E-state index is 6.07. The molecule has 0 saturated carbocycles. The molecular weight excluding hydrogens is 382 g/mol. The van der Waals surface area contributed by atoms with E-state index in [1.807, 2.05) is 24.3 Å². The first-order valence-corrected chi connectivity index (χ1v) is 10.9. The van der Waals surface area contributed by atoms with Crippen molar-refractivity contribution in [2.24, 2.45) is 16.8 Å². The summed E-state index contributed by atoms with van der Waals surface area (Å²) in [6.07, 6.45) is 4.69. The molecule has 140 valence electrons. The van der Waals surface area contributed by atoms with Crippen molar-refractivity contribution in [3.05, 3.63) is 40.9 Å². The van der Waals surface area contributed by atoms with Crippen LogP contribution in [0.1, 0.15) is 33.6 Å². The average molecular weight is 408 g/mol. The van der Waals surface area contributed by atoms with Crippen LogP contribution in [-0.4, -0.2) is 33.5 Å². The van der Waals surface area contributed by atoms with Crippen molar-refractivity contribution in [2.45, 2.75) is 39.7 Å². The maximum absolute atomic E-state index is 6.07. The molecule has 2 unspecified atom stereocenters. The summed E-state index contributed by atoms with van der Waals surface area (Å²) in [4.78, 5) is 7.17. The van der Waals surface area contributed by atoms with Crippen LogP contribution in [0.25, 0.3) is 0 Å². The lowest BCUT2D eigenvalue weighted by molar-refractivity contribution is 0.448. The SMILES string of the molecule is CC1CC(C(C)C)=CC(N=C2SCCN2C(=S)Nc2cccc(Cl)c2)C1. The van der Waals surface area contributed by atoms with Gasteiger partial charge in [0.25, 0.3) is 0 Å². The molecule has 1 aliphatic heterocycles. The topological polar surface area (TPSA) is 27.6 Å². The molecule has 3 nitrogen and oxygen atoms in total. The van der Waals surface area contributed by atoms with Crippen LogP contribution in [0.2, 0.25) is 5.02 Å². The predicted octanol–water partition coefficient (Wildman–Crippen LogP) is 5.82. The van der Waals surface area contributed by atoms with Crippen molar-refractivity contribution in [3.8, 4) is 0 Å². The average Bonchev–Trinajstić information content (AvgIpc) is 3.02. The molecule has 0 bridgehead atoms. The highest BCUT2D eigenvalue weighted by atomic mass is 35.5. The van der Waals surface area contributed by atoms with E-state index in [9.17, 15) is 0 Å². The van der Waals surface area contributed by atoms with Gasteiger partial charge in [0.2, 0.25) is 0 Å². The second-order valence-corrected chi connectivity index (χ2v) is 9.25. The number of amidine groups is 1. The first-order valence-electron chi connectivity index (χ1n) is 9.17. The van der Waals surface area contributed by atoms with Crippen LogP contribution < -0.4 is 5.32 Å². The van der Waals surface area contributed by atoms with Crippen molar-refractivity contribution < 1.29 is 0 Å². The van der Waals surface area contributed by atoms with E-state index >= 15 is 0 Å². The van der Waals surface area contributed by atoms with Gasteiger partial charge < -0.3 is 5.32 Å². The van der Waals surface area contributed by atoms with Gasteiger partial charge in [0, 0.05) is 23.0 Å². The van der Waals surface area contributed by atoms with Crippen LogP contribution in [0.4, 0.5) is 5.69 Å². The predicted molar refractivity (Wildman–Crippen MR) is 119 cm³/mol. The van der Waals surface area contributed by atoms with Crippen LogP contribution in [-0.2, 0) is 0 Å². The number of nitrogens with zero attached hydrogens (tertiary/aromatic N) is 2. The normalized spacial score (nSPS) is 24.9. The number of hydrogen-bond donors (Lipinski definition) is 1. The summed E-state index contributed by atoms with van der Waals surface area (Å²) in [6.45, 7) is 7.76. The van der Waals surface area contributed by atoms with Crippen LogP contribution >= 0.6 is 35.6 Å². The first kappa shape index (κ1) is 19.7. The molecule has 26 heavy (non-hydrogen) atoms. The summed E-state index contributed by atoms with van der Waals surface area (Å²) in [5.74, 6) is 2.29. The summed E-state index contributed by atoms with van der Waals surface area (Å²) >= 11 is 13.5. The molecule has 1 saturated heterocycles. The Morgan fingerprint density at radius 1 is 1.42 bits per heavy atom. The molecule has 1 N–H and O–H groups in total. The molecular formula is C20H26ClN3S2. The third-order valence-electron chi connectivity index (χ3n) is 4.75. The van der Waals surface area contributed by atoms with Gasteiger partial charge in [-0.1, -0.05) is 61.8 Å². The van der Waals surface area contributed by atoms with Gasteiger partial charge >= 0.3 is 0 Å². The van der Waals surface area contributed by atoms with E-state index < -0.39 is 0 Å². The number of anilines is 1. The molecule has 0 aromatic heterocycles. The van der Waals surface area contributed by atoms with Gasteiger partial charge in [-0.3, -0.25) is 9.89 Å². The Balaban J connectivity index is 1.73. The van der Waals surface area contributed by atoms with E-state index in [1.54, 1.807) is 11.8 Å². The highest BCUT2D eigenvalue weighted by Gasteiger charge is 2.26. The molecule has 1 aliphatic carbocycles. The monoisotopic (exact) mass is 407 g/mol. The molecule has 6 heteroatoms. The maximum Gasteiger partial charge on any atom is 0.179 e. The number of benzene rings is 1. The minimum atomic E-state index is 0.258. The van der Waals surface area contributed by atoms with Crippen molar-refractivity contribution >= 4 is 51.5 Å². The largest absolute Gasteiger partial charge is 0.332 e. The van der Waals surface area contributed by atoms with Crippen LogP contribution in [0.15, 0.2) is 40.9 Å². The van der Waals surface area contributed by atoms with E-state index in [2.05, 4.69) is 37.1 Å². The summed E-state index contributed by atoms with van der Waals surface area (Å²) in [6, 6.07) is 7.89. The van der Waals surface area contributed by atoms with Crippen molar-refractivity contribution in [1.29, 1.82) is 0 Å². The minimum absolute atomic E-state index is 0.258. The molecule has 0 radical (unpaired) electrons. The van der Waals surface area contributed by atoms with Gasteiger partial charge in [0.1, 0.15) is 0 Å². The van der Waals surface area contributed by atoms with Gasteiger partial charge in [-0.15, -0.1) is 0 Å². The van der Waals surface area contributed by atoms with Crippen LogP contribution in [0.5, 0.6) is 0 Å². The van der Waals surface area contributed by atoms with E-state index in [0.717, 1.165) is 29.6 Å². The molecule has 0 spiro atoms. The zero-order valence-corrected chi connectivity index (χ0v) is 17.9. The molecule has 2 atom stereocenters. The molecule has 3 rings (SSSR count). The number of aliphatic imine (C=N–C) groups is 1. The fraction of sp³-hybridized carbons (Fsp3) is 0.500. The Morgan fingerprint density at radius 3 is 2.96 bits per heavy atom. The zero-order valence-electron chi connectivity index (χ0n) is 15.5. The molecule has 1 aromatic carbocycles. The molecule has 1 fully saturated rings. The third kappa shape index (κ3) is 5.02. The highest BCUT2D eigenvalue weighted by Crippen LogP contribution is 2.31. The molecule has 2 aliphatic rings. The summed E-state index contributed by atoms with van der Waals surface area (Å²) < 4.78 is 0. The molecule has 0 amide bonds. The number of thiocarbonyl (C=S) groups is 1. The van der Waals surface area contributed by atoms with Crippen molar-refractivity contribution in [2.75, 3.05) is 17.6 Å². The van der Waals surface area contributed by atoms with Gasteiger partial charge in [0.15, 0.2) is 10.3 Å². The smallest absolute Gasteiger partial charge is 0.179 e. The number of nitrogens with one attached hydrogen (secondary N) is 1. The zero-order chi connectivity index (χ0) is 18.7. The van der Waals surface area contributed by atoms with Crippen LogP contribution in [0.3, 0.4) is 0 Å². The Morgan fingerprint density at radius 2 is 2.23 bits per heavy atom. The highest BCUT2D eigenvalue weighted by molar-refractivity contribution is 8.14. The molecule has 1 aromatic rings. The fourth-order valence-electron chi connectivity index (χ4n) is 3.40. The van der Waals surface area contributed by atoms with Gasteiger partial charge in [-0.05, 0) is 55.1 Å². The third-order valence-corrected chi connectivity index (χ3v) is 6.28. The van der Waals surface area contributed by atoms with E-state index in [-0.39, 0.29) is 6.04 Å². The fourth-order valence-corrected chi connectivity index (χ4v) is 4.94. The number of hydrogen-bond acceptors (Lipinski definition) is 3. The number of thioether (sulfide) groups is 1. The lowest BCUT2D eigenvalue weighted by atomic mass is 9.83. The second-order valence-electron chi connectivity index (χ2n) is 7.36. The molecule has 1 heterocycles. The van der Waals surface area contributed by atoms with Crippen molar-refractivity contribution in [1.82, 2.24) is 4.90 Å². The first-order chi connectivity index (χ1) is 12.4. The van der Waals surface area contributed by atoms with E-state index in [1.165, 1.54) is 12.0 Å². The van der Waals surface area contributed by atoms with E-state index in [0.29, 0.717) is 22.0 Å². The Bertz CT molecular complexity index is 730. The van der Waals surface area contributed by atoms with Crippen LogP contribution in [0, 0.1) is 11.8 Å². The summed E-state index contributed by atoms with van der Waals surface area (Å²) in [5, 5.41) is 5.71. The van der Waals surface area contributed by atoms with Crippen molar-refractivity contribution in [3.63, 3.8) is 0 Å². The minimum Gasteiger partial charge on any atom is -0.332 e. The lowest BCUT2D eigenvalue weighted by Crippen LogP contribution is -2.36. The number of allylic oxidation sites excluding steroid dienone is 1. The Kier molecular flexibility index (Phi) is 6.65. The number of halogens is 1. The number of rotatable bonds is 3. The van der Waals surface area contributed by atoms with Gasteiger partial charge in [-0.25, -0.2) is 0 Å². The Hall–Kier alpha value is -1.04. The quantitative estimate of drug-likeness (QED) is 0.504. The standard InChI is InChI=1S/C20H26ClN3S2/c1-13(2)15-9-14(3)10-18(11-15)23-20-24(7-8-26-20)19(25)22-17-6-4-5-16(21)12-17/h4-6,11-14,18H,7-10H2,1-3H3,(H,22,25). The van der Waals surface area contributed by atoms with E-state index in [4.69, 9.17) is 28.8 Å². The second kappa shape index (κ2) is 8.77. The van der Waals surface area contributed by atoms with Gasteiger partial charge in [0.05, 0.1) is 6.04 Å². The van der Waals surface area contributed by atoms with Gasteiger partial charge in [-0.2, -0.15) is 0 Å².